The second-order valence-electron chi connectivity index (χ2n) is 4.86. The van der Waals surface area contributed by atoms with Crippen LogP contribution in [0.2, 0.25) is 0 Å². The average molecular weight is 261 g/mol. The van der Waals surface area contributed by atoms with Gasteiger partial charge in [-0.15, -0.1) is 0 Å². The lowest BCUT2D eigenvalue weighted by atomic mass is 10.1. The topological polar surface area (TPSA) is 32.9 Å². The number of H-pyrrole nitrogens is 1. The maximum absolute atomic E-state index is 12.1. The fourth-order valence-electron chi connectivity index (χ4n) is 2.29. The minimum Gasteiger partial charge on any atom is -0.361 e. The van der Waals surface area contributed by atoms with Crippen LogP contribution >= 0.6 is 0 Å². The quantitative estimate of drug-likeness (QED) is 0.551. The number of rotatable bonds is 3. The molecule has 0 saturated heterocycles. The molecule has 1 heterocycles. The van der Waals surface area contributed by atoms with Gasteiger partial charge >= 0.3 is 0 Å². The van der Waals surface area contributed by atoms with Gasteiger partial charge in [0.25, 0.3) is 0 Å². The Kier molecular flexibility index (Phi) is 3.21. The van der Waals surface area contributed by atoms with Crippen LogP contribution in [0.1, 0.15) is 21.5 Å². The summed E-state index contributed by atoms with van der Waals surface area (Å²) in [5.74, 6) is 0.0268. The molecule has 0 saturated carbocycles. The summed E-state index contributed by atoms with van der Waals surface area (Å²) in [7, 11) is 0. The molecule has 0 aliphatic carbocycles. The van der Waals surface area contributed by atoms with Gasteiger partial charge in [-0.3, -0.25) is 4.79 Å². The van der Waals surface area contributed by atoms with Crippen molar-refractivity contribution in [3.8, 4) is 0 Å². The van der Waals surface area contributed by atoms with Crippen LogP contribution in [-0.4, -0.2) is 10.8 Å². The Morgan fingerprint density at radius 3 is 2.80 bits per heavy atom. The minimum absolute atomic E-state index is 0.0268. The summed E-state index contributed by atoms with van der Waals surface area (Å²) in [6.07, 6.45) is 5.42. The largest absolute Gasteiger partial charge is 0.361 e. The summed E-state index contributed by atoms with van der Waals surface area (Å²) >= 11 is 0. The van der Waals surface area contributed by atoms with Crippen LogP contribution < -0.4 is 0 Å². The highest BCUT2D eigenvalue weighted by Gasteiger charge is 2.03. The zero-order valence-electron chi connectivity index (χ0n) is 11.3. The molecule has 98 valence electrons. The Morgan fingerprint density at radius 2 is 1.95 bits per heavy atom. The number of carbonyl (C=O) groups excluding carboxylic acids is 1. The molecule has 0 spiro atoms. The van der Waals surface area contributed by atoms with Gasteiger partial charge in [0.15, 0.2) is 5.78 Å². The standard InChI is InChI=1S/C18H15NO/c1-13-5-4-6-14(11-13)18(20)10-9-15-12-19-17-8-3-2-7-16(15)17/h2-12,19H,1H3/b10-9+. The van der Waals surface area contributed by atoms with Crippen molar-refractivity contribution in [3.05, 3.63) is 77.5 Å². The normalized spacial score (nSPS) is 11.2. The van der Waals surface area contributed by atoms with E-state index in [0.29, 0.717) is 0 Å². The molecule has 3 rings (SSSR count). The highest BCUT2D eigenvalue weighted by atomic mass is 16.1. The molecule has 0 radical (unpaired) electrons. The first-order chi connectivity index (χ1) is 9.74. The Balaban J connectivity index is 1.89. The maximum Gasteiger partial charge on any atom is 0.185 e. The number of benzene rings is 2. The molecule has 3 aromatic rings. The second kappa shape index (κ2) is 5.17. The van der Waals surface area contributed by atoms with E-state index in [9.17, 15) is 4.79 Å². The number of hydrogen-bond acceptors (Lipinski definition) is 1. The molecule has 0 fully saturated rings. The van der Waals surface area contributed by atoms with Crippen molar-refractivity contribution in [2.45, 2.75) is 6.92 Å². The van der Waals surface area contributed by atoms with Crippen LogP contribution in [0.3, 0.4) is 0 Å². The van der Waals surface area contributed by atoms with Gasteiger partial charge in [0.2, 0.25) is 0 Å². The third-order valence-electron chi connectivity index (χ3n) is 3.34. The van der Waals surface area contributed by atoms with E-state index in [1.807, 2.05) is 67.7 Å². The lowest BCUT2D eigenvalue weighted by molar-refractivity contribution is 0.104. The molecule has 2 heteroatoms. The Hall–Kier alpha value is -2.61. The summed E-state index contributed by atoms with van der Waals surface area (Å²) in [6.45, 7) is 1.99. The number of aromatic amines is 1. The van der Waals surface area contributed by atoms with Crippen molar-refractivity contribution >= 4 is 22.8 Å². The number of aromatic nitrogens is 1. The Morgan fingerprint density at radius 1 is 1.10 bits per heavy atom. The van der Waals surface area contributed by atoms with Crippen molar-refractivity contribution < 1.29 is 4.79 Å². The zero-order valence-corrected chi connectivity index (χ0v) is 11.3. The number of fused-ring (bicyclic) bond motifs is 1. The SMILES string of the molecule is Cc1cccc(C(=O)/C=C/c2c[nH]c3ccccc23)c1. The molecule has 2 aromatic carbocycles. The highest BCUT2D eigenvalue weighted by Crippen LogP contribution is 2.19. The van der Waals surface area contributed by atoms with E-state index in [4.69, 9.17) is 0 Å². The third kappa shape index (κ3) is 2.41. The van der Waals surface area contributed by atoms with Gasteiger partial charge < -0.3 is 4.98 Å². The molecule has 1 aromatic heterocycles. The number of hydrogen-bond donors (Lipinski definition) is 1. The van der Waals surface area contributed by atoms with E-state index in [-0.39, 0.29) is 5.78 Å². The van der Waals surface area contributed by atoms with Crippen molar-refractivity contribution in [1.82, 2.24) is 4.98 Å². The van der Waals surface area contributed by atoms with E-state index in [1.165, 1.54) is 0 Å². The molecule has 0 atom stereocenters. The minimum atomic E-state index is 0.0268. The van der Waals surface area contributed by atoms with Crippen LogP contribution in [0.4, 0.5) is 0 Å². The second-order valence-corrected chi connectivity index (χ2v) is 4.86. The molecule has 0 unspecified atom stereocenters. The van der Waals surface area contributed by atoms with E-state index in [2.05, 4.69) is 4.98 Å². The summed E-state index contributed by atoms with van der Waals surface area (Å²) < 4.78 is 0. The van der Waals surface area contributed by atoms with Crippen LogP contribution in [0, 0.1) is 6.92 Å². The van der Waals surface area contributed by atoms with Gasteiger partial charge in [-0.05, 0) is 36.8 Å². The van der Waals surface area contributed by atoms with Crippen molar-refractivity contribution in [2.24, 2.45) is 0 Å². The number of carbonyl (C=O) groups is 1. The summed E-state index contributed by atoms with van der Waals surface area (Å²) in [4.78, 5) is 15.3. The van der Waals surface area contributed by atoms with E-state index in [0.717, 1.165) is 27.6 Å². The molecule has 0 amide bonds. The first-order valence-corrected chi connectivity index (χ1v) is 6.59. The Bertz CT molecular complexity index is 796. The Labute approximate surface area is 117 Å². The molecular weight excluding hydrogens is 246 g/mol. The number of ketones is 1. The van der Waals surface area contributed by atoms with E-state index < -0.39 is 0 Å². The van der Waals surface area contributed by atoms with Gasteiger partial charge in [-0.2, -0.15) is 0 Å². The number of allylic oxidation sites excluding steroid dienone is 1. The summed E-state index contributed by atoms with van der Waals surface area (Å²) in [5.41, 5.74) is 3.93. The van der Waals surface area contributed by atoms with Crippen LogP contribution in [0.5, 0.6) is 0 Å². The molecule has 0 aliphatic heterocycles. The molecule has 20 heavy (non-hydrogen) atoms. The number of nitrogens with one attached hydrogen (secondary N) is 1. The predicted octanol–water partition coefficient (Wildman–Crippen LogP) is 4.37. The number of aryl methyl sites for hydroxylation is 1. The van der Waals surface area contributed by atoms with E-state index >= 15 is 0 Å². The van der Waals surface area contributed by atoms with E-state index in [1.54, 1.807) is 6.08 Å². The fraction of sp³-hybridized carbons (Fsp3) is 0.0556. The van der Waals surface area contributed by atoms with Crippen molar-refractivity contribution in [3.63, 3.8) is 0 Å². The lowest BCUT2D eigenvalue weighted by Crippen LogP contribution is -1.93. The van der Waals surface area contributed by atoms with Gasteiger partial charge in [0.05, 0.1) is 0 Å². The van der Waals surface area contributed by atoms with Gasteiger partial charge in [-0.25, -0.2) is 0 Å². The molecule has 1 N–H and O–H groups in total. The predicted molar refractivity (Wildman–Crippen MR) is 82.8 cm³/mol. The lowest BCUT2D eigenvalue weighted by Gasteiger charge is -1.97. The van der Waals surface area contributed by atoms with Crippen molar-refractivity contribution in [2.75, 3.05) is 0 Å². The monoisotopic (exact) mass is 261 g/mol. The molecule has 0 bridgehead atoms. The van der Waals surface area contributed by atoms with Gasteiger partial charge in [-0.1, -0.05) is 42.0 Å². The van der Waals surface area contributed by atoms with Crippen LogP contribution in [0.15, 0.2) is 60.8 Å². The summed E-state index contributed by atoms with van der Waals surface area (Å²) in [6, 6.07) is 15.7. The van der Waals surface area contributed by atoms with Crippen molar-refractivity contribution in [1.29, 1.82) is 0 Å². The first kappa shape index (κ1) is 12.4. The molecular formula is C18H15NO. The average Bonchev–Trinajstić information content (AvgIpc) is 2.88. The highest BCUT2D eigenvalue weighted by molar-refractivity contribution is 6.07. The fourth-order valence-corrected chi connectivity index (χ4v) is 2.29. The third-order valence-corrected chi connectivity index (χ3v) is 3.34. The van der Waals surface area contributed by atoms with Gasteiger partial charge in [0.1, 0.15) is 0 Å². The van der Waals surface area contributed by atoms with Crippen LogP contribution in [-0.2, 0) is 0 Å². The van der Waals surface area contributed by atoms with Crippen LogP contribution in [0.25, 0.3) is 17.0 Å². The first-order valence-electron chi connectivity index (χ1n) is 6.59. The molecule has 2 nitrogen and oxygen atoms in total. The summed E-state index contributed by atoms with van der Waals surface area (Å²) in [5, 5.41) is 1.13. The maximum atomic E-state index is 12.1. The smallest absolute Gasteiger partial charge is 0.185 e. The molecule has 0 aliphatic rings. The number of para-hydroxylation sites is 1. The van der Waals surface area contributed by atoms with Gasteiger partial charge in [0, 0.05) is 22.7 Å². The zero-order chi connectivity index (χ0) is 13.9.